The predicted molar refractivity (Wildman–Crippen MR) is 132 cm³/mol. The van der Waals surface area contributed by atoms with Crippen LogP contribution in [0.2, 0.25) is 0 Å². The van der Waals surface area contributed by atoms with E-state index in [0.29, 0.717) is 17.4 Å². The number of imidazole rings is 1. The van der Waals surface area contributed by atoms with Crippen molar-refractivity contribution in [3.8, 4) is 34.3 Å². The number of fused-ring (bicyclic) bond motifs is 1. The van der Waals surface area contributed by atoms with E-state index < -0.39 is 0 Å². The fourth-order valence-electron chi connectivity index (χ4n) is 4.61. The Morgan fingerprint density at radius 3 is 2.60 bits per heavy atom. The maximum atomic E-state index is 5.59. The minimum absolute atomic E-state index is 0.0868. The van der Waals surface area contributed by atoms with E-state index in [1.165, 1.54) is 0 Å². The topological polar surface area (TPSA) is 83.5 Å². The number of ether oxygens (including phenoxy) is 1. The lowest BCUT2D eigenvalue weighted by atomic mass is 9.94. The summed E-state index contributed by atoms with van der Waals surface area (Å²) in [5.74, 6) is 2.11. The zero-order chi connectivity index (χ0) is 23.8. The molecule has 0 amide bonds. The van der Waals surface area contributed by atoms with Crippen molar-refractivity contribution in [2.24, 2.45) is 0 Å². The van der Waals surface area contributed by atoms with Crippen molar-refractivity contribution in [1.82, 2.24) is 34.3 Å². The van der Waals surface area contributed by atoms with Gasteiger partial charge in [0.15, 0.2) is 5.82 Å². The van der Waals surface area contributed by atoms with E-state index in [4.69, 9.17) is 24.8 Å². The van der Waals surface area contributed by atoms with Crippen molar-refractivity contribution in [2.45, 2.75) is 32.2 Å². The summed E-state index contributed by atoms with van der Waals surface area (Å²) in [6, 6.07) is 20.4. The molecule has 1 aromatic carbocycles. The van der Waals surface area contributed by atoms with Crippen molar-refractivity contribution < 1.29 is 4.74 Å². The zero-order valence-corrected chi connectivity index (χ0v) is 19.7. The van der Waals surface area contributed by atoms with Gasteiger partial charge in [0.2, 0.25) is 5.88 Å². The molecule has 0 N–H and O–H groups in total. The van der Waals surface area contributed by atoms with E-state index in [2.05, 4.69) is 35.3 Å². The number of benzene rings is 1. The standard InChI is InChI=1S/C27H25N7O/c1-18-16-33(17-28-18)24-14-13-23(30-27(24)35-2)25-31-26-20(10-7-15-34(26)32-25)22-12-6-11-21(29-22)19-8-4-3-5-9-19/h3-6,8-9,11-14,16-17,20H,7,10,15H2,1-2H3. The van der Waals surface area contributed by atoms with Gasteiger partial charge in [0.25, 0.3) is 0 Å². The first-order chi connectivity index (χ1) is 17.2. The van der Waals surface area contributed by atoms with Crippen LogP contribution in [0.15, 0.2) is 73.2 Å². The van der Waals surface area contributed by atoms with Crippen molar-refractivity contribution in [1.29, 1.82) is 0 Å². The number of rotatable bonds is 5. The Hall–Kier alpha value is -4.33. The molecule has 0 bridgehead atoms. The third-order valence-corrected chi connectivity index (χ3v) is 6.32. The molecule has 5 aromatic rings. The van der Waals surface area contributed by atoms with Crippen molar-refractivity contribution in [3.05, 3.63) is 90.4 Å². The highest BCUT2D eigenvalue weighted by Crippen LogP contribution is 2.34. The third-order valence-electron chi connectivity index (χ3n) is 6.32. The molecule has 1 aliphatic heterocycles. The van der Waals surface area contributed by atoms with Gasteiger partial charge in [-0.15, -0.1) is 5.10 Å². The Balaban J connectivity index is 1.35. The number of aryl methyl sites for hydroxylation is 2. The SMILES string of the molecule is COc1nc(-c2nc3n(n2)CCCC3c2cccc(-c3ccccc3)n2)ccc1-n1cnc(C)c1. The van der Waals surface area contributed by atoms with Crippen molar-refractivity contribution in [3.63, 3.8) is 0 Å². The average Bonchev–Trinajstić information content (AvgIpc) is 3.55. The molecule has 1 unspecified atom stereocenters. The molecule has 0 fully saturated rings. The van der Waals surface area contributed by atoms with E-state index >= 15 is 0 Å². The smallest absolute Gasteiger partial charge is 0.238 e. The van der Waals surface area contributed by atoms with E-state index in [0.717, 1.165) is 53.5 Å². The lowest BCUT2D eigenvalue weighted by molar-refractivity contribution is 0.396. The van der Waals surface area contributed by atoms with Crippen LogP contribution in [0, 0.1) is 6.92 Å². The molecule has 8 nitrogen and oxygen atoms in total. The average molecular weight is 464 g/mol. The Kier molecular flexibility index (Phi) is 5.33. The maximum absolute atomic E-state index is 5.59. The highest BCUT2D eigenvalue weighted by Gasteiger charge is 2.28. The van der Waals surface area contributed by atoms with Gasteiger partial charge in [0.1, 0.15) is 17.2 Å². The Labute approximate surface area is 203 Å². The Morgan fingerprint density at radius 1 is 0.914 bits per heavy atom. The summed E-state index contributed by atoms with van der Waals surface area (Å²) in [6.07, 6.45) is 5.70. The molecular weight excluding hydrogens is 438 g/mol. The van der Waals surface area contributed by atoms with E-state index in [1.807, 2.05) is 52.7 Å². The summed E-state index contributed by atoms with van der Waals surface area (Å²) in [5, 5.41) is 4.80. The molecule has 8 heteroatoms. The first kappa shape index (κ1) is 21.2. The molecule has 0 aliphatic carbocycles. The molecule has 6 rings (SSSR count). The molecule has 0 saturated heterocycles. The van der Waals surface area contributed by atoms with Gasteiger partial charge in [-0.2, -0.15) is 0 Å². The molecule has 5 heterocycles. The molecule has 4 aromatic heterocycles. The van der Waals surface area contributed by atoms with Gasteiger partial charge < -0.3 is 9.30 Å². The normalized spacial score (nSPS) is 15.1. The van der Waals surface area contributed by atoms with Crippen LogP contribution in [0.4, 0.5) is 0 Å². The number of nitrogens with zero attached hydrogens (tertiary/aromatic N) is 7. The van der Waals surface area contributed by atoms with Crippen LogP contribution in [0.25, 0.3) is 28.5 Å². The number of hydrogen-bond acceptors (Lipinski definition) is 6. The van der Waals surface area contributed by atoms with Crippen LogP contribution in [-0.4, -0.2) is 41.4 Å². The lowest BCUT2D eigenvalue weighted by Crippen LogP contribution is -2.18. The Bertz CT molecular complexity index is 1490. The van der Waals surface area contributed by atoms with Crippen LogP contribution in [0.1, 0.15) is 36.0 Å². The van der Waals surface area contributed by atoms with Gasteiger partial charge in [0, 0.05) is 18.3 Å². The van der Waals surface area contributed by atoms with Gasteiger partial charge in [-0.25, -0.2) is 19.6 Å². The van der Waals surface area contributed by atoms with Gasteiger partial charge in [-0.05, 0) is 44.0 Å². The van der Waals surface area contributed by atoms with Crippen LogP contribution in [0.5, 0.6) is 5.88 Å². The minimum atomic E-state index is 0.0868. The second kappa shape index (κ2) is 8.79. The fourth-order valence-corrected chi connectivity index (χ4v) is 4.61. The molecule has 0 saturated carbocycles. The van der Waals surface area contributed by atoms with Crippen LogP contribution in [0.3, 0.4) is 0 Å². The number of methoxy groups -OCH3 is 1. The second-order valence-corrected chi connectivity index (χ2v) is 8.67. The van der Waals surface area contributed by atoms with Crippen molar-refractivity contribution >= 4 is 0 Å². The summed E-state index contributed by atoms with van der Waals surface area (Å²) >= 11 is 0. The molecular formula is C27H25N7O. The quantitative estimate of drug-likeness (QED) is 0.371. The number of pyridine rings is 2. The predicted octanol–water partition coefficient (Wildman–Crippen LogP) is 4.83. The van der Waals surface area contributed by atoms with Gasteiger partial charge >= 0.3 is 0 Å². The first-order valence-electron chi connectivity index (χ1n) is 11.7. The second-order valence-electron chi connectivity index (χ2n) is 8.67. The highest BCUT2D eigenvalue weighted by molar-refractivity contribution is 5.59. The number of aromatic nitrogens is 7. The molecule has 35 heavy (non-hydrogen) atoms. The summed E-state index contributed by atoms with van der Waals surface area (Å²) in [4.78, 5) is 19.0. The summed E-state index contributed by atoms with van der Waals surface area (Å²) in [6.45, 7) is 2.78. The monoisotopic (exact) mass is 463 g/mol. The molecule has 0 spiro atoms. The highest BCUT2D eigenvalue weighted by atomic mass is 16.5. The van der Waals surface area contributed by atoms with E-state index in [-0.39, 0.29) is 5.92 Å². The summed E-state index contributed by atoms with van der Waals surface area (Å²) < 4.78 is 9.49. The van der Waals surface area contributed by atoms with Crippen LogP contribution < -0.4 is 4.74 Å². The lowest BCUT2D eigenvalue weighted by Gasteiger charge is -2.22. The summed E-state index contributed by atoms with van der Waals surface area (Å²) in [5.41, 5.74) is 5.52. The molecule has 0 radical (unpaired) electrons. The molecule has 174 valence electrons. The van der Waals surface area contributed by atoms with E-state index in [9.17, 15) is 0 Å². The summed E-state index contributed by atoms with van der Waals surface area (Å²) in [7, 11) is 1.62. The Morgan fingerprint density at radius 2 is 1.80 bits per heavy atom. The van der Waals surface area contributed by atoms with Crippen molar-refractivity contribution in [2.75, 3.05) is 7.11 Å². The third kappa shape index (κ3) is 3.97. The minimum Gasteiger partial charge on any atom is -0.479 e. The van der Waals surface area contributed by atoms with Crippen LogP contribution >= 0.6 is 0 Å². The molecule has 1 atom stereocenters. The van der Waals surface area contributed by atoms with Gasteiger partial charge in [-0.3, -0.25) is 4.98 Å². The van der Waals surface area contributed by atoms with Gasteiger partial charge in [-0.1, -0.05) is 36.4 Å². The molecule has 1 aliphatic rings. The fraction of sp³-hybridized carbons (Fsp3) is 0.222. The van der Waals surface area contributed by atoms with E-state index in [1.54, 1.807) is 13.4 Å². The largest absolute Gasteiger partial charge is 0.479 e. The maximum Gasteiger partial charge on any atom is 0.238 e. The van der Waals surface area contributed by atoms with Gasteiger partial charge in [0.05, 0.1) is 36.4 Å². The van der Waals surface area contributed by atoms with Crippen LogP contribution in [-0.2, 0) is 6.54 Å². The number of hydrogen-bond donors (Lipinski definition) is 0. The zero-order valence-electron chi connectivity index (χ0n) is 19.7. The first-order valence-corrected chi connectivity index (χ1v) is 11.7.